The second-order valence-electron chi connectivity index (χ2n) is 2.61. The summed E-state index contributed by atoms with van der Waals surface area (Å²) in [4.78, 5) is 10.3. The zero-order chi connectivity index (χ0) is 8.27. The molecule has 0 spiro atoms. The first kappa shape index (κ1) is 8.01. The standard InChI is InChI=1S/C8H11NO2/c9-7(8(10)11)5-6-3-1-2-4-6/h1-3,7H,4-5,9H2,(H,10,11)/t7-/m1/s1. The van der Waals surface area contributed by atoms with E-state index in [-0.39, 0.29) is 0 Å². The van der Waals surface area contributed by atoms with E-state index < -0.39 is 12.0 Å². The number of allylic oxidation sites excluding steroid dienone is 3. The molecule has 0 heterocycles. The topological polar surface area (TPSA) is 63.3 Å². The van der Waals surface area contributed by atoms with Crippen LogP contribution in [0.25, 0.3) is 0 Å². The molecule has 60 valence electrons. The predicted molar refractivity (Wildman–Crippen MR) is 42.1 cm³/mol. The first-order valence-electron chi connectivity index (χ1n) is 3.53. The number of hydrogen-bond acceptors (Lipinski definition) is 2. The molecule has 0 bridgehead atoms. The molecule has 3 nitrogen and oxygen atoms in total. The molecule has 0 aromatic heterocycles. The molecular weight excluding hydrogens is 142 g/mol. The predicted octanol–water partition coefficient (Wildman–Crippen LogP) is 0.675. The van der Waals surface area contributed by atoms with Gasteiger partial charge >= 0.3 is 5.97 Å². The first-order chi connectivity index (χ1) is 5.20. The van der Waals surface area contributed by atoms with Crippen molar-refractivity contribution in [2.45, 2.75) is 18.9 Å². The van der Waals surface area contributed by atoms with E-state index in [1.807, 2.05) is 18.2 Å². The summed E-state index contributed by atoms with van der Waals surface area (Å²) in [5, 5.41) is 8.47. The molecule has 0 amide bonds. The molecule has 0 aromatic rings. The summed E-state index contributed by atoms with van der Waals surface area (Å²) in [6.45, 7) is 0. The Morgan fingerprint density at radius 1 is 1.82 bits per heavy atom. The molecule has 0 unspecified atom stereocenters. The van der Waals surface area contributed by atoms with Crippen LogP contribution in [-0.4, -0.2) is 17.1 Å². The van der Waals surface area contributed by atoms with Gasteiger partial charge in [-0.15, -0.1) is 0 Å². The van der Waals surface area contributed by atoms with Gasteiger partial charge in [-0.05, 0) is 12.8 Å². The molecular formula is C8H11NO2. The zero-order valence-corrected chi connectivity index (χ0v) is 6.16. The van der Waals surface area contributed by atoms with Crippen LogP contribution in [0.1, 0.15) is 12.8 Å². The monoisotopic (exact) mass is 153 g/mol. The lowest BCUT2D eigenvalue weighted by Gasteiger charge is -2.05. The number of carboxylic acid groups (broad SMARTS) is 1. The third-order valence-corrected chi connectivity index (χ3v) is 1.65. The van der Waals surface area contributed by atoms with Crippen molar-refractivity contribution < 1.29 is 9.90 Å². The van der Waals surface area contributed by atoms with Crippen molar-refractivity contribution in [3.05, 3.63) is 23.8 Å². The molecule has 3 heteroatoms. The fraction of sp³-hybridized carbons (Fsp3) is 0.375. The highest BCUT2D eigenvalue weighted by Gasteiger charge is 2.13. The van der Waals surface area contributed by atoms with Crippen LogP contribution in [0.5, 0.6) is 0 Å². The Labute approximate surface area is 65.2 Å². The summed E-state index contributed by atoms with van der Waals surface area (Å²) < 4.78 is 0. The van der Waals surface area contributed by atoms with E-state index in [2.05, 4.69) is 0 Å². The van der Waals surface area contributed by atoms with E-state index in [0.717, 1.165) is 12.0 Å². The van der Waals surface area contributed by atoms with E-state index >= 15 is 0 Å². The average molecular weight is 153 g/mol. The van der Waals surface area contributed by atoms with Crippen LogP contribution in [-0.2, 0) is 4.79 Å². The maximum absolute atomic E-state index is 10.3. The van der Waals surface area contributed by atoms with Gasteiger partial charge in [0.25, 0.3) is 0 Å². The van der Waals surface area contributed by atoms with E-state index in [4.69, 9.17) is 10.8 Å². The Balaban J connectivity index is 2.37. The third-order valence-electron chi connectivity index (χ3n) is 1.65. The van der Waals surface area contributed by atoms with E-state index in [1.54, 1.807) is 0 Å². The number of carboxylic acids is 1. The number of nitrogens with two attached hydrogens (primary N) is 1. The van der Waals surface area contributed by atoms with E-state index in [1.165, 1.54) is 0 Å². The molecule has 1 rings (SSSR count). The van der Waals surface area contributed by atoms with Crippen LogP contribution in [0.4, 0.5) is 0 Å². The normalized spacial score (nSPS) is 18.1. The summed E-state index contributed by atoms with van der Waals surface area (Å²) in [5.74, 6) is -0.933. The maximum Gasteiger partial charge on any atom is 0.320 e. The summed E-state index contributed by atoms with van der Waals surface area (Å²) >= 11 is 0. The van der Waals surface area contributed by atoms with Gasteiger partial charge in [-0.3, -0.25) is 4.79 Å². The molecule has 1 aliphatic rings. The van der Waals surface area contributed by atoms with Crippen molar-refractivity contribution in [3.63, 3.8) is 0 Å². The van der Waals surface area contributed by atoms with E-state index in [0.29, 0.717) is 6.42 Å². The SMILES string of the molecule is N[C@H](CC1=CC=CC1)C(=O)O. The highest BCUT2D eigenvalue weighted by Crippen LogP contribution is 2.15. The molecule has 1 aliphatic carbocycles. The number of aliphatic carboxylic acids is 1. The maximum atomic E-state index is 10.3. The summed E-state index contributed by atoms with van der Waals surface area (Å²) in [6.07, 6.45) is 7.14. The first-order valence-corrected chi connectivity index (χ1v) is 3.53. The van der Waals surface area contributed by atoms with Crippen LogP contribution in [0, 0.1) is 0 Å². The lowest BCUT2D eigenvalue weighted by atomic mass is 10.1. The quantitative estimate of drug-likeness (QED) is 0.626. The highest BCUT2D eigenvalue weighted by molar-refractivity contribution is 5.73. The smallest absolute Gasteiger partial charge is 0.320 e. The summed E-state index contributed by atoms with van der Waals surface area (Å²) in [7, 11) is 0. The fourth-order valence-electron chi connectivity index (χ4n) is 1.01. The van der Waals surface area contributed by atoms with Gasteiger partial charge in [0.1, 0.15) is 6.04 Å². The van der Waals surface area contributed by atoms with E-state index in [9.17, 15) is 4.79 Å². The number of carbonyl (C=O) groups is 1. The zero-order valence-electron chi connectivity index (χ0n) is 6.16. The third kappa shape index (κ3) is 2.20. The number of hydrogen-bond donors (Lipinski definition) is 2. The Hall–Kier alpha value is -1.09. The molecule has 3 N–H and O–H groups in total. The lowest BCUT2D eigenvalue weighted by Crippen LogP contribution is -2.30. The van der Waals surface area contributed by atoms with Crippen LogP contribution in [0.3, 0.4) is 0 Å². The van der Waals surface area contributed by atoms with Crippen molar-refractivity contribution in [1.82, 2.24) is 0 Å². The van der Waals surface area contributed by atoms with Gasteiger partial charge in [0.05, 0.1) is 0 Å². The highest BCUT2D eigenvalue weighted by atomic mass is 16.4. The minimum Gasteiger partial charge on any atom is -0.480 e. The molecule has 0 aliphatic heterocycles. The lowest BCUT2D eigenvalue weighted by molar-refractivity contribution is -0.138. The number of rotatable bonds is 3. The largest absolute Gasteiger partial charge is 0.480 e. The molecule has 0 saturated carbocycles. The Morgan fingerprint density at radius 3 is 3.00 bits per heavy atom. The van der Waals surface area contributed by atoms with Crippen molar-refractivity contribution >= 4 is 5.97 Å². The Morgan fingerprint density at radius 2 is 2.55 bits per heavy atom. The molecule has 0 saturated heterocycles. The van der Waals surface area contributed by atoms with Gasteiger partial charge in [0.2, 0.25) is 0 Å². The van der Waals surface area contributed by atoms with Crippen LogP contribution in [0.15, 0.2) is 23.8 Å². The van der Waals surface area contributed by atoms with Crippen molar-refractivity contribution in [3.8, 4) is 0 Å². The van der Waals surface area contributed by atoms with Gasteiger partial charge in [-0.2, -0.15) is 0 Å². The van der Waals surface area contributed by atoms with Crippen LogP contribution < -0.4 is 5.73 Å². The molecule has 0 radical (unpaired) electrons. The van der Waals surface area contributed by atoms with Crippen molar-refractivity contribution in [1.29, 1.82) is 0 Å². The van der Waals surface area contributed by atoms with Gasteiger partial charge in [-0.1, -0.05) is 23.8 Å². The Kier molecular flexibility index (Phi) is 2.44. The molecule has 1 atom stereocenters. The minimum atomic E-state index is -0.933. The van der Waals surface area contributed by atoms with Gasteiger partial charge in [0, 0.05) is 0 Å². The summed E-state index contributed by atoms with van der Waals surface area (Å²) in [5.41, 5.74) is 6.43. The Bertz CT molecular complexity index is 218. The van der Waals surface area contributed by atoms with Crippen molar-refractivity contribution in [2.75, 3.05) is 0 Å². The second kappa shape index (κ2) is 3.34. The minimum absolute atomic E-state index is 0.461. The van der Waals surface area contributed by atoms with Crippen LogP contribution >= 0.6 is 0 Å². The molecule has 11 heavy (non-hydrogen) atoms. The molecule has 0 aromatic carbocycles. The average Bonchev–Trinajstić information content (AvgIpc) is 2.39. The molecule has 0 fully saturated rings. The van der Waals surface area contributed by atoms with Gasteiger partial charge < -0.3 is 10.8 Å². The van der Waals surface area contributed by atoms with Crippen molar-refractivity contribution in [2.24, 2.45) is 5.73 Å². The summed E-state index contributed by atoms with van der Waals surface area (Å²) in [6, 6.07) is -0.749. The van der Waals surface area contributed by atoms with Crippen LogP contribution in [0.2, 0.25) is 0 Å². The second-order valence-corrected chi connectivity index (χ2v) is 2.61. The van der Waals surface area contributed by atoms with Gasteiger partial charge in [0.15, 0.2) is 0 Å². The van der Waals surface area contributed by atoms with Gasteiger partial charge in [-0.25, -0.2) is 0 Å². The fourth-order valence-corrected chi connectivity index (χ4v) is 1.01.